The molecule has 5 heteroatoms. The SMILES string of the molecule is O=C(c1ccc(O[C@H]2CCOC2)cc1)c1cccc(Br)c1Cl. The number of halogens is 2. The molecule has 1 fully saturated rings. The minimum Gasteiger partial charge on any atom is -0.488 e. The van der Waals surface area contributed by atoms with Crippen LogP contribution in [0.3, 0.4) is 0 Å². The van der Waals surface area contributed by atoms with Crippen molar-refractivity contribution in [1.29, 1.82) is 0 Å². The van der Waals surface area contributed by atoms with Gasteiger partial charge in [-0.3, -0.25) is 4.79 Å². The van der Waals surface area contributed by atoms with Crippen LogP contribution in [-0.2, 0) is 4.74 Å². The summed E-state index contributed by atoms with van der Waals surface area (Å²) in [6, 6.07) is 12.4. The topological polar surface area (TPSA) is 35.5 Å². The Labute approximate surface area is 142 Å². The highest BCUT2D eigenvalue weighted by atomic mass is 79.9. The van der Waals surface area contributed by atoms with Gasteiger partial charge in [0.1, 0.15) is 11.9 Å². The van der Waals surface area contributed by atoms with E-state index in [0.717, 1.165) is 18.8 Å². The van der Waals surface area contributed by atoms with Crippen LogP contribution in [0.25, 0.3) is 0 Å². The molecule has 0 amide bonds. The first-order chi connectivity index (χ1) is 10.6. The first-order valence-corrected chi connectivity index (χ1v) is 8.15. The van der Waals surface area contributed by atoms with E-state index >= 15 is 0 Å². The van der Waals surface area contributed by atoms with Crippen molar-refractivity contribution >= 4 is 33.3 Å². The highest BCUT2D eigenvalue weighted by Gasteiger charge is 2.18. The molecule has 0 aromatic heterocycles. The highest BCUT2D eigenvalue weighted by molar-refractivity contribution is 9.10. The van der Waals surface area contributed by atoms with Crippen molar-refractivity contribution < 1.29 is 14.3 Å². The Morgan fingerprint density at radius 3 is 2.68 bits per heavy atom. The normalized spacial score (nSPS) is 17.5. The van der Waals surface area contributed by atoms with E-state index in [1.165, 1.54) is 0 Å². The monoisotopic (exact) mass is 380 g/mol. The zero-order valence-electron chi connectivity index (χ0n) is 11.7. The van der Waals surface area contributed by atoms with Crippen LogP contribution in [0.4, 0.5) is 0 Å². The molecule has 0 bridgehead atoms. The molecule has 1 aliphatic heterocycles. The molecule has 3 rings (SSSR count). The summed E-state index contributed by atoms with van der Waals surface area (Å²) in [4.78, 5) is 12.5. The maximum absolute atomic E-state index is 12.5. The molecule has 114 valence electrons. The van der Waals surface area contributed by atoms with Crippen LogP contribution >= 0.6 is 27.5 Å². The lowest BCUT2D eigenvalue weighted by Gasteiger charge is -2.12. The Bertz CT molecular complexity index is 679. The van der Waals surface area contributed by atoms with E-state index in [2.05, 4.69) is 15.9 Å². The van der Waals surface area contributed by atoms with Crippen LogP contribution in [0.2, 0.25) is 5.02 Å². The second-order valence-electron chi connectivity index (χ2n) is 5.06. The Morgan fingerprint density at radius 1 is 1.23 bits per heavy atom. The molecule has 22 heavy (non-hydrogen) atoms. The second-order valence-corrected chi connectivity index (χ2v) is 6.29. The van der Waals surface area contributed by atoms with E-state index in [-0.39, 0.29) is 11.9 Å². The summed E-state index contributed by atoms with van der Waals surface area (Å²) < 4.78 is 11.8. The van der Waals surface area contributed by atoms with Crippen molar-refractivity contribution in [1.82, 2.24) is 0 Å². The zero-order chi connectivity index (χ0) is 15.5. The van der Waals surface area contributed by atoms with Crippen molar-refractivity contribution in [2.24, 2.45) is 0 Å². The van der Waals surface area contributed by atoms with Crippen molar-refractivity contribution in [3.05, 3.63) is 63.1 Å². The fraction of sp³-hybridized carbons (Fsp3) is 0.235. The molecule has 0 spiro atoms. The van der Waals surface area contributed by atoms with Crippen molar-refractivity contribution in [3.8, 4) is 5.75 Å². The summed E-state index contributed by atoms with van der Waals surface area (Å²) >= 11 is 9.51. The molecule has 0 aliphatic carbocycles. The highest BCUT2D eigenvalue weighted by Crippen LogP contribution is 2.28. The van der Waals surface area contributed by atoms with Crippen LogP contribution in [0.15, 0.2) is 46.9 Å². The van der Waals surface area contributed by atoms with E-state index in [1.807, 2.05) is 0 Å². The number of hydrogen-bond donors (Lipinski definition) is 0. The molecule has 1 heterocycles. The van der Waals surface area contributed by atoms with Gasteiger partial charge in [-0.2, -0.15) is 0 Å². The first kappa shape index (κ1) is 15.5. The third kappa shape index (κ3) is 3.35. The van der Waals surface area contributed by atoms with Gasteiger partial charge < -0.3 is 9.47 Å². The summed E-state index contributed by atoms with van der Waals surface area (Å²) in [5, 5.41) is 0.427. The first-order valence-electron chi connectivity index (χ1n) is 6.98. The summed E-state index contributed by atoms with van der Waals surface area (Å²) in [7, 11) is 0. The average molecular weight is 382 g/mol. The number of ether oxygens (including phenoxy) is 2. The van der Waals surface area contributed by atoms with Crippen LogP contribution in [0, 0.1) is 0 Å². The Hall–Kier alpha value is -1.36. The van der Waals surface area contributed by atoms with E-state index in [9.17, 15) is 4.79 Å². The third-order valence-corrected chi connectivity index (χ3v) is 4.80. The van der Waals surface area contributed by atoms with Gasteiger partial charge in [-0.15, -0.1) is 0 Å². The molecule has 0 unspecified atom stereocenters. The number of rotatable bonds is 4. The predicted octanol–water partition coefficient (Wildman–Crippen LogP) is 4.50. The number of carbonyl (C=O) groups excluding carboxylic acids is 1. The van der Waals surface area contributed by atoms with Crippen molar-refractivity contribution in [3.63, 3.8) is 0 Å². The van der Waals surface area contributed by atoms with Gasteiger partial charge in [0.25, 0.3) is 0 Å². The molecule has 2 aromatic rings. The van der Waals surface area contributed by atoms with E-state index in [4.69, 9.17) is 21.1 Å². The summed E-state index contributed by atoms with van der Waals surface area (Å²) in [6.07, 6.45) is 0.995. The van der Waals surface area contributed by atoms with Crippen LogP contribution in [0.5, 0.6) is 5.75 Å². The van der Waals surface area contributed by atoms with Crippen LogP contribution < -0.4 is 4.74 Å². The summed E-state index contributed by atoms with van der Waals surface area (Å²) in [5.74, 6) is 0.634. The minimum atomic E-state index is -0.109. The largest absolute Gasteiger partial charge is 0.488 e. The number of benzene rings is 2. The maximum Gasteiger partial charge on any atom is 0.194 e. The van der Waals surface area contributed by atoms with Gasteiger partial charge in [-0.05, 0) is 52.3 Å². The number of carbonyl (C=O) groups is 1. The molecular formula is C17H14BrClO3. The molecule has 0 N–H and O–H groups in total. The van der Waals surface area contributed by atoms with Crippen LogP contribution in [-0.4, -0.2) is 25.1 Å². The number of ketones is 1. The average Bonchev–Trinajstić information content (AvgIpc) is 3.03. The molecule has 1 atom stereocenters. The summed E-state index contributed by atoms with van der Waals surface area (Å²) in [5.41, 5.74) is 1.06. The van der Waals surface area contributed by atoms with Crippen molar-refractivity contribution in [2.45, 2.75) is 12.5 Å². The Balaban J connectivity index is 1.77. The standard InChI is InChI=1S/C17H14BrClO3/c18-15-3-1-2-14(16(15)19)17(20)11-4-6-12(7-5-11)22-13-8-9-21-10-13/h1-7,13H,8-10H2/t13-/m0/s1. The lowest BCUT2D eigenvalue weighted by atomic mass is 10.0. The fourth-order valence-corrected chi connectivity index (χ4v) is 2.90. The fourth-order valence-electron chi connectivity index (χ4n) is 2.32. The Morgan fingerprint density at radius 2 is 2.00 bits per heavy atom. The van der Waals surface area contributed by atoms with Gasteiger partial charge in [-0.25, -0.2) is 0 Å². The lowest BCUT2D eigenvalue weighted by molar-refractivity contribution is 0.103. The smallest absolute Gasteiger partial charge is 0.194 e. The minimum absolute atomic E-state index is 0.0982. The molecule has 3 nitrogen and oxygen atoms in total. The van der Waals surface area contributed by atoms with Gasteiger partial charge in [0.15, 0.2) is 5.78 Å². The Kier molecular flexibility index (Phi) is 4.81. The van der Waals surface area contributed by atoms with E-state index < -0.39 is 0 Å². The van der Waals surface area contributed by atoms with Gasteiger partial charge in [-0.1, -0.05) is 17.7 Å². The number of hydrogen-bond acceptors (Lipinski definition) is 3. The molecule has 0 saturated carbocycles. The molecule has 1 aliphatic rings. The second kappa shape index (κ2) is 6.82. The third-order valence-electron chi connectivity index (χ3n) is 3.50. The van der Waals surface area contributed by atoms with Gasteiger partial charge >= 0.3 is 0 Å². The van der Waals surface area contributed by atoms with E-state index in [0.29, 0.717) is 27.2 Å². The quantitative estimate of drug-likeness (QED) is 0.731. The van der Waals surface area contributed by atoms with Crippen LogP contribution in [0.1, 0.15) is 22.3 Å². The van der Waals surface area contributed by atoms with Gasteiger partial charge in [0, 0.05) is 22.0 Å². The zero-order valence-corrected chi connectivity index (χ0v) is 14.1. The summed E-state index contributed by atoms with van der Waals surface area (Å²) in [6.45, 7) is 1.36. The lowest BCUT2D eigenvalue weighted by Crippen LogP contribution is -2.15. The maximum atomic E-state index is 12.5. The molecule has 1 saturated heterocycles. The molecular weight excluding hydrogens is 368 g/mol. The van der Waals surface area contributed by atoms with Gasteiger partial charge in [0.05, 0.1) is 18.2 Å². The van der Waals surface area contributed by atoms with Crippen molar-refractivity contribution in [2.75, 3.05) is 13.2 Å². The van der Waals surface area contributed by atoms with E-state index in [1.54, 1.807) is 42.5 Å². The molecule has 0 radical (unpaired) electrons. The van der Waals surface area contributed by atoms with Gasteiger partial charge in [0.2, 0.25) is 0 Å². The predicted molar refractivity (Wildman–Crippen MR) is 88.9 cm³/mol. The molecule has 2 aromatic carbocycles.